The zero-order valence-electron chi connectivity index (χ0n) is 11.3. The molecule has 0 unspecified atom stereocenters. The number of benzene rings is 2. The summed E-state index contributed by atoms with van der Waals surface area (Å²) in [6.07, 6.45) is 1.74. The van der Waals surface area contributed by atoms with Gasteiger partial charge in [0.05, 0.1) is 23.9 Å². The fraction of sp³-hybridized carbons (Fsp3) is 0.188. The minimum atomic E-state index is -0.250. The molecule has 3 aromatic rings. The van der Waals surface area contributed by atoms with Crippen molar-refractivity contribution >= 4 is 22.6 Å². The topological polar surface area (TPSA) is 17.8 Å². The van der Waals surface area contributed by atoms with E-state index in [0.717, 1.165) is 11.0 Å². The predicted octanol–water partition coefficient (Wildman–Crippen LogP) is 4.49. The summed E-state index contributed by atoms with van der Waals surface area (Å²) in [5, 5.41) is 0.540. The zero-order valence-corrected chi connectivity index (χ0v) is 12.1. The molecule has 0 saturated heterocycles. The van der Waals surface area contributed by atoms with E-state index < -0.39 is 0 Å². The van der Waals surface area contributed by atoms with Crippen LogP contribution in [0.5, 0.6) is 0 Å². The maximum absolute atomic E-state index is 13.8. The Morgan fingerprint density at radius 2 is 1.90 bits per heavy atom. The largest absolute Gasteiger partial charge is 0.326 e. The number of nitrogens with zero attached hydrogens (tertiary/aromatic N) is 2. The fourth-order valence-electron chi connectivity index (χ4n) is 2.29. The molecule has 2 aromatic carbocycles. The monoisotopic (exact) mass is 288 g/mol. The quantitative estimate of drug-likeness (QED) is 0.679. The highest BCUT2D eigenvalue weighted by atomic mass is 35.5. The molecule has 1 heterocycles. The number of halogens is 2. The van der Waals surface area contributed by atoms with Crippen LogP contribution in [0.1, 0.15) is 16.7 Å². The summed E-state index contributed by atoms with van der Waals surface area (Å²) in [5.74, 6) is -0.250. The molecule has 0 aliphatic rings. The summed E-state index contributed by atoms with van der Waals surface area (Å²) in [6, 6.07) is 8.74. The second-order valence-electron chi connectivity index (χ2n) is 5.03. The molecule has 0 fully saturated rings. The van der Waals surface area contributed by atoms with Gasteiger partial charge in [-0.05, 0) is 55.3 Å². The van der Waals surface area contributed by atoms with Gasteiger partial charge in [0.2, 0.25) is 0 Å². The Labute approximate surface area is 121 Å². The third-order valence-electron chi connectivity index (χ3n) is 3.58. The first-order chi connectivity index (χ1) is 9.54. The van der Waals surface area contributed by atoms with Gasteiger partial charge in [0.25, 0.3) is 0 Å². The molecule has 0 atom stereocenters. The normalized spacial score (nSPS) is 11.2. The Balaban J connectivity index is 2.07. The van der Waals surface area contributed by atoms with Crippen LogP contribution < -0.4 is 0 Å². The van der Waals surface area contributed by atoms with Gasteiger partial charge in [0.1, 0.15) is 5.82 Å². The lowest BCUT2D eigenvalue weighted by molar-refractivity contribution is 0.601. The molecule has 0 aliphatic carbocycles. The number of imidazole rings is 1. The number of fused-ring (bicyclic) bond motifs is 1. The Kier molecular flexibility index (Phi) is 3.22. The molecule has 2 nitrogen and oxygen atoms in total. The highest BCUT2D eigenvalue weighted by molar-refractivity contribution is 6.30. The Hall–Kier alpha value is -1.87. The molecule has 3 rings (SSSR count). The first kappa shape index (κ1) is 13.1. The highest BCUT2D eigenvalue weighted by Crippen LogP contribution is 2.21. The Bertz CT molecular complexity index is 793. The average Bonchev–Trinajstić information content (AvgIpc) is 2.77. The molecule has 1 aromatic heterocycles. The predicted molar refractivity (Wildman–Crippen MR) is 79.7 cm³/mol. The van der Waals surface area contributed by atoms with Crippen molar-refractivity contribution in [3.8, 4) is 0 Å². The molecule has 0 radical (unpaired) electrons. The van der Waals surface area contributed by atoms with Gasteiger partial charge in [-0.2, -0.15) is 0 Å². The Morgan fingerprint density at radius 1 is 1.15 bits per heavy atom. The van der Waals surface area contributed by atoms with Crippen LogP contribution in [0.4, 0.5) is 4.39 Å². The van der Waals surface area contributed by atoms with E-state index in [1.807, 2.05) is 4.57 Å². The molecular weight excluding hydrogens is 275 g/mol. The number of hydrogen-bond donors (Lipinski definition) is 0. The van der Waals surface area contributed by atoms with Crippen molar-refractivity contribution in [1.82, 2.24) is 9.55 Å². The van der Waals surface area contributed by atoms with Gasteiger partial charge in [-0.15, -0.1) is 0 Å². The molecule has 102 valence electrons. The van der Waals surface area contributed by atoms with Crippen LogP contribution in [0.2, 0.25) is 5.02 Å². The lowest BCUT2D eigenvalue weighted by Gasteiger charge is -2.07. The van der Waals surface area contributed by atoms with Crippen LogP contribution in [0.3, 0.4) is 0 Å². The highest BCUT2D eigenvalue weighted by Gasteiger charge is 2.08. The van der Waals surface area contributed by atoms with E-state index in [9.17, 15) is 4.39 Å². The maximum Gasteiger partial charge on any atom is 0.128 e. The van der Waals surface area contributed by atoms with Crippen LogP contribution in [0.25, 0.3) is 11.0 Å². The summed E-state index contributed by atoms with van der Waals surface area (Å²) in [7, 11) is 0. The van der Waals surface area contributed by atoms with Crippen molar-refractivity contribution in [3.05, 3.63) is 64.2 Å². The van der Waals surface area contributed by atoms with Crippen LogP contribution in [0, 0.1) is 19.7 Å². The molecule has 0 bridgehead atoms. The van der Waals surface area contributed by atoms with Gasteiger partial charge in [-0.3, -0.25) is 0 Å². The molecule has 20 heavy (non-hydrogen) atoms. The zero-order chi connectivity index (χ0) is 14.3. The SMILES string of the molecule is Cc1cc2ncn(Cc3cc(Cl)ccc3F)c2cc1C. The summed E-state index contributed by atoms with van der Waals surface area (Å²) >= 11 is 5.93. The lowest BCUT2D eigenvalue weighted by Crippen LogP contribution is -2.01. The number of hydrogen-bond acceptors (Lipinski definition) is 1. The van der Waals surface area contributed by atoms with Crippen LogP contribution in [0.15, 0.2) is 36.7 Å². The lowest BCUT2D eigenvalue weighted by atomic mass is 10.1. The first-order valence-corrected chi connectivity index (χ1v) is 6.78. The van der Waals surface area contributed by atoms with Gasteiger partial charge in [0, 0.05) is 10.6 Å². The minimum absolute atomic E-state index is 0.250. The van der Waals surface area contributed by atoms with E-state index in [2.05, 4.69) is 31.0 Å². The van der Waals surface area contributed by atoms with E-state index >= 15 is 0 Å². The second-order valence-corrected chi connectivity index (χ2v) is 5.47. The summed E-state index contributed by atoms with van der Waals surface area (Å²) in [4.78, 5) is 4.38. The fourth-order valence-corrected chi connectivity index (χ4v) is 2.48. The van der Waals surface area contributed by atoms with E-state index in [0.29, 0.717) is 17.1 Å². The standard InChI is InChI=1S/C16H14ClFN2/c1-10-5-15-16(6-11(10)2)20(9-19-15)8-12-7-13(17)3-4-14(12)18/h3-7,9H,8H2,1-2H3. The summed E-state index contributed by atoms with van der Waals surface area (Å²) < 4.78 is 15.8. The molecule has 0 aliphatic heterocycles. The van der Waals surface area contributed by atoms with Crippen molar-refractivity contribution in [3.63, 3.8) is 0 Å². The molecule has 0 amide bonds. The van der Waals surface area contributed by atoms with Crippen molar-refractivity contribution in [2.75, 3.05) is 0 Å². The van der Waals surface area contributed by atoms with Crippen molar-refractivity contribution in [1.29, 1.82) is 0 Å². The molecule has 0 N–H and O–H groups in total. The average molecular weight is 289 g/mol. The molecule has 0 spiro atoms. The number of aryl methyl sites for hydroxylation is 2. The van der Waals surface area contributed by atoms with E-state index in [-0.39, 0.29) is 5.82 Å². The summed E-state index contributed by atoms with van der Waals surface area (Å²) in [6.45, 7) is 4.54. The number of aromatic nitrogens is 2. The Morgan fingerprint density at radius 3 is 2.70 bits per heavy atom. The number of rotatable bonds is 2. The van der Waals surface area contributed by atoms with Gasteiger partial charge in [-0.25, -0.2) is 9.37 Å². The van der Waals surface area contributed by atoms with Crippen LogP contribution >= 0.6 is 11.6 Å². The third-order valence-corrected chi connectivity index (χ3v) is 3.82. The summed E-state index contributed by atoms with van der Waals surface area (Å²) in [5.41, 5.74) is 4.90. The van der Waals surface area contributed by atoms with E-state index in [1.54, 1.807) is 18.5 Å². The van der Waals surface area contributed by atoms with Crippen molar-refractivity contribution < 1.29 is 4.39 Å². The van der Waals surface area contributed by atoms with E-state index in [4.69, 9.17) is 11.6 Å². The maximum atomic E-state index is 13.8. The second kappa shape index (κ2) is 4.91. The smallest absolute Gasteiger partial charge is 0.128 e. The van der Waals surface area contributed by atoms with Crippen molar-refractivity contribution in [2.45, 2.75) is 20.4 Å². The minimum Gasteiger partial charge on any atom is -0.326 e. The van der Waals surface area contributed by atoms with E-state index in [1.165, 1.54) is 17.2 Å². The molecule has 4 heteroatoms. The van der Waals surface area contributed by atoms with Crippen molar-refractivity contribution in [2.24, 2.45) is 0 Å². The van der Waals surface area contributed by atoms with Gasteiger partial charge < -0.3 is 4.57 Å². The first-order valence-electron chi connectivity index (χ1n) is 6.40. The molecule has 0 saturated carbocycles. The van der Waals surface area contributed by atoms with Gasteiger partial charge in [-0.1, -0.05) is 11.6 Å². The van der Waals surface area contributed by atoms with Crippen LogP contribution in [-0.4, -0.2) is 9.55 Å². The van der Waals surface area contributed by atoms with Gasteiger partial charge >= 0.3 is 0 Å². The third kappa shape index (κ3) is 2.29. The molecular formula is C16H14ClFN2. The van der Waals surface area contributed by atoms with Gasteiger partial charge in [0.15, 0.2) is 0 Å². The van der Waals surface area contributed by atoms with Crippen LogP contribution in [-0.2, 0) is 6.54 Å².